The molecular weight excluding hydrogens is 358 g/mol. The molecule has 0 amide bonds. The summed E-state index contributed by atoms with van der Waals surface area (Å²) < 4.78 is 43.4. The molecule has 0 aliphatic rings. The van der Waals surface area contributed by atoms with Crippen molar-refractivity contribution in [1.82, 2.24) is 5.32 Å². The van der Waals surface area contributed by atoms with E-state index in [4.69, 9.17) is 16.3 Å². The zero-order chi connectivity index (χ0) is 15.1. The van der Waals surface area contributed by atoms with E-state index in [0.717, 1.165) is 0 Å². The van der Waals surface area contributed by atoms with Crippen LogP contribution in [-0.4, -0.2) is 26.2 Å². The Labute approximate surface area is 129 Å². The summed E-state index contributed by atoms with van der Waals surface area (Å²) in [5.41, 5.74) is 0.403. The second kappa shape index (κ2) is 8.87. The van der Waals surface area contributed by atoms with Crippen LogP contribution in [-0.2, 0) is 4.74 Å². The molecule has 1 rings (SSSR count). The maximum absolute atomic E-state index is 14.1. The van der Waals surface area contributed by atoms with Crippen molar-refractivity contribution in [1.29, 1.82) is 0 Å². The molecule has 0 heterocycles. The monoisotopic (exact) mass is 373 g/mol. The van der Waals surface area contributed by atoms with Gasteiger partial charge in [-0.2, -0.15) is 0 Å². The van der Waals surface area contributed by atoms with Gasteiger partial charge in [-0.05, 0) is 35.0 Å². The van der Waals surface area contributed by atoms with Crippen LogP contribution in [0, 0.1) is 5.82 Å². The summed E-state index contributed by atoms with van der Waals surface area (Å²) in [5.74, 6) is -0.513. The number of hydrogen-bond acceptors (Lipinski definition) is 2. The summed E-state index contributed by atoms with van der Waals surface area (Å²) in [7, 11) is 0. The Hall–Kier alpha value is -0.300. The number of halogens is 5. The minimum absolute atomic E-state index is 0.0129. The average Bonchev–Trinajstić information content (AvgIpc) is 2.40. The van der Waals surface area contributed by atoms with E-state index in [9.17, 15) is 13.2 Å². The lowest BCUT2D eigenvalue weighted by Gasteiger charge is -2.20. The van der Waals surface area contributed by atoms with E-state index in [1.165, 1.54) is 0 Å². The van der Waals surface area contributed by atoms with Gasteiger partial charge in [0.25, 0.3) is 6.43 Å². The van der Waals surface area contributed by atoms with Crippen molar-refractivity contribution in [3.63, 3.8) is 0 Å². The minimum Gasteiger partial charge on any atom is -0.375 e. The van der Waals surface area contributed by atoms with Crippen LogP contribution in [0.25, 0.3) is 0 Å². The summed E-state index contributed by atoms with van der Waals surface area (Å²) in [6, 6.07) is 2.94. The molecular formula is C13H16BrClF3NO. The molecule has 2 nitrogen and oxygen atoms in total. The van der Waals surface area contributed by atoms with Gasteiger partial charge in [-0.1, -0.05) is 24.6 Å². The lowest BCUT2D eigenvalue weighted by Crippen LogP contribution is -2.24. The number of alkyl halides is 2. The topological polar surface area (TPSA) is 21.3 Å². The number of benzene rings is 1. The maximum Gasteiger partial charge on any atom is 0.261 e. The van der Waals surface area contributed by atoms with Gasteiger partial charge >= 0.3 is 0 Å². The highest BCUT2D eigenvalue weighted by atomic mass is 79.9. The summed E-state index contributed by atoms with van der Waals surface area (Å²) in [5, 5.41) is 3.11. The molecule has 7 heteroatoms. The Kier molecular flexibility index (Phi) is 7.87. The molecule has 114 valence electrons. The smallest absolute Gasteiger partial charge is 0.261 e. The molecule has 0 fully saturated rings. The lowest BCUT2D eigenvalue weighted by atomic mass is 10.0. The third-order valence-electron chi connectivity index (χ3n) is 2.69. The molecule has 1 atom stereocenters. The Morgan fingerprint density at radius 2 is 2.10 bits per heavy atom. The molecule has 1 aromatic rings. The average molecular weight is 375 g/mol. The first-order valence-corrected chi connectivity index (χ1v) is 7.37. The van der Waals surface area contributed by atoms with Crippen molar-refractivity contribution in [3.05, 3.63) is 33.0 Å². The molecule has 0 spiro atoms. The van der Waals surface area contributed by atoms with Gasteiger partial charge in [-0.25, -0.2) is 13.2 Å². The first-order valence-electron chi connectivity index (χ1n) is 6.20. The van der Waals surface area contributed by atoms with Gasteiger partial charge < -0.3 is 10.1 Å². The molecule has 0 radical (unpaired) electrons. The van der Waals surface area contributed by atoms with Gasteiger partial charge in [0.15, 0.2) is 0 Å². The normalized spacial score (nSPS) is 12.9. The fourth-order valence-corrected chi connectivity index (χ4v) is 2.28. The van der Waals surface area contributed by atoms with E-state index < -0.39 is 18.8 Å². The Bertz CT molecular complexity index is 434. The highest BCUT2D eigenvalue weighted by Crippen LogP contribution is 2.31. The summed E-state index contributed by atoms with van der Waals surface area (Å²) in [6.07, 6.45) is -2.11. The van der Waals surface area contributed by atoms with Crippen LogP contribution in [0.1, 0.15) is 24.9 Å². The number of nitrogens with one attached hydrogen (secondary N) is 1. The zero-order valence-corrected chi connectivity index (χ0v) is 13.3. The third kappa shape index (κ3) is 5.24. The van der Waals surface area contributed by atoms with Gasteiger partial charge in [0, 0.05) is 22.7 Å². The van der Waals surface area contributed by atoms with Crippen LogP contribution in [0.4, 0.5) is 13.2 Å². The fraction of sp³-hybridized carbons (Fsp3) is 0.538. The summed E-state index contributed by atoms with van der Waals surface area (Å²) in [4.78, 5) is 0. The quantitative estimate of drug-likeness (QED) is 0.532. The van der Waals surface area contributed by atoms with Crippen molar-refractivity contribution in [3.8, 4) is 0 Å². The van der Waals surface area contributed by atoms with E-state index in [2.05, 4.69) is 21.2 Å². The highest BCUT2D eigenvalue weighted by Gasteiger charge is 2.18. The van der Waals surface area contributed by atoms with Gasteiger partial charge in [-0.3, -0.25) is 0 Å². The number of rotatable bonds is 8. The van der Waals surface area contributed by atoms with Crippen LogP contribution in [0.15, 0.2) is 16.6 Å². The third-order valence-corrected chi connectivity index (χ3v) is 3.94. The van der Waals surface area contributed by atoms with E-state index in [0.29, 0.717) is 23.0 Å². The first kappa shape index (κ1) is 17.8. The Balaban J connectivity index is 2.73. The van der Waals surface area contributed by atoms with Crippen molar-refractivity contribution in [2.75, 3.05) is 19.8 Å². The van der Waals surface area contributed by atoms with E-state index in [1.807, 2.05) is 6.92 Å². The van der Waals surface area contributed by atoms with Crippen LogP contribution >= 0.6 is 27.5 Å². The van der Waals surface area contributed by atoms with Gasteiger partial charge in [-0.15, -0.1) is 0 Å². The molecule has 1 aromatic carbocycles. The molecule has 0 saturated carbocycles. The maximum atomic E-state index is 14.1. The molecule has 0 bridgehead atoms. The molecule has 0 aromatic heterocycles. The van der Waals surface area contributed by atoms with E-state index in [-0.39, 0.29) is 17.7 Å². The van der Waals surface area contributed by atoms with Crippen molar-refractivity contribution < 1.29 is 17.9 Å². The van der Waals surface area contributed by atoms with Crippen molar-refractivity contribution in [2.24, 2.45) is 0 Å². The van der Waals surface area contributed by atoms with Crippen LogP contribution in [0.5, 0.6) is 0 Å². The number of ether oxygens (including phenoxy) is 1. The van der Waals surface area contributed by atoms with Crippen molar-refractivity contribution >= 4 is 27.5 Å². The van der Waals surface area contributed by atoms with Crippen LogP contribution in [0.2, 0.25) is 5.02 Å². The molecule has 0 aliphatic carbocycles. The van der Waals surface area contributed by atoms with Gasteiger partial charge in [0.1, 0.15) is 12.4 Å². The first-order chi connectivity index (χ1) is 9.47. The van der Waals surface area contributed by atoms with Crippen molar-refractivity contribution in [2.45, 2.75) is 25.8 Å². The Morgan fingerprint density at radius 1 is 1.40 bits per heavy atom. The summed E-state index contributed by atoms with van der Waals surface area (Å²) in [6.45, 7) is 2.01. The standard InChI is InChI=1S/C13H16BrClF3NO/c1-2-19-10(5-6-20-7-11(16)17)8-3-4-9(14)12(15)13(8)18/h3-4,10-11,19H,2,5-7H2,1H3. The molecule has 1 N–H and O–H groups in total. The number of hydrogen-bond donors (Lipinski definition) is 1. The Morgan fingerprint density at radius 3 is 2.70 bits per heavy atom. The second-order valence-electron chi connectivity index (χ2n) is 4.13. The van der Waals surface area contributed by atoms with Crippen LogP contribution in [0.3, 0.4) is 0 Å². The lowest BCUT2D eigenvalue weighted by molar-refractivity contribution is 0.0143. The molecule has 0 aliphatic heterocycles. The zero-order valence-electron chi connectivity index (χ0n) is 10.9. The van der Waals surface area contributed by atoms with Gasteiger partial charge in [0.05, 0.1) is 5.02 Å². The highest BCUT2D eigenvalue weighted by molar-refractivity contribution is 9.10. The van der Waals surface area contributed by atoms with Gasteiger partial charge in [0.2, 0.25) is 0 Å². The minimum atomic E-state index is -2.49. The molecule has 0 saturated heterocycles. The largest absolute Gasteiger partial charge is 0.375 e. The van der Waals surface area contributed by atoms with E-state index in [1.54, 1.807) is 12.1 Å². The van der Waals surface area contributed by atoms with Crippen LogP contribution < -0.4 is 5.32 Å². The summed E-state index contributed by atoms with van der Waals surface area (Å²) >= 11 is 9.00. The predicted octanol–water partition coefficient (Wildman–Crippen LogP) is 4.56. The van der Waals surface area contributed by atoms with E-state index >= 15 is 0 Å². The SMILES string of the molecule is CCNC(CCOCC(F)F)c1ccc(Br)c(Cl)c1F. The molecule has 1 unspecified atom stereocenters. The predicted molar refractivity (Wildman–Crippen MR) is 77.0 cm³/mol. The molecule has 20 heavy (non-hydrogen) atoms. The fourth-order valence-electron chi connectivity index (χ4n) is 1.80. The second-order valence-corrected chi connectivity index (χ2v) is 5.36.